The summed E-state index contributed by atoms with van der Waals surface area (Å²) in [6.07, 6.45) is 5.41. The Kier molecular flexibility index (Phi) is 7.04. The van der Waals surface area contributed by atoms with E-state index in [1.54, 1.807) is 42.7 Å². The monoisotopic (exact) mass is 548 g/mol. The maximum Gasteiger partial charge on any atom is 0.293 e. The molecule has 0 saturated carbocycles. The first kappa shape index (κ1) is 25.7. The molecule has 3 aromatic rings. The number of hydrogen-bond donors (Lipinski definition) is 1. The van der Waals surface area contributed by atoms with E-state index in [9.17, 15) is 22.8 Å². The molecule has 0 aliphatic carbocycles. The van der Waals surface area contributed by atoms with E-state index in [1.807, 2.05) is 19.1 Å². The van der Waals surface area contributed by atoms with Gasteiger partial charge in [-0.1, -0.05) is 30.3 Å². The molecule has 1 aromatic heterocycles. The molecule has 5 rings (SSSR count). The number of thioether (sulfide) groups is 1. The largest absolute Gasteiger partial charge is 0.350 e. The maximum absolute atomic E-state index is 13.5. The summed E-state index contributed by atoms with van der Waals surface area (Å²) in [7, 11) is -3.90. The van der Waals surface area contributed by atoms with E-state index in [-0.39, 0.29) is 34.5 Å². The molecular weight excluding hydrogens is 524 g/mol. The van der Waals surface area contributed by atoms with Crippen molar-refractivity contribution in [1.82, 2.24) is 15.2 Å². The van der Waals surface area contributed by atoms with Crippen molar-refractivity contribution in [3.63, 3.8) is 0 Å². The van der Waals surface area contributed by atoms with Crippen molar-refractivity contribution >= 4 is 50.6 Å². The normalized spacial score (nSPS) is 18.2. The molecule has 3 heterocycles. The summed E-state index contributed by atoms with van der Waals surface area (Å²) in [5, 5.41) is 2.25. The van der Waals surface area contributed by atoms with Gasteiger partial charge in [-0.15, -0.1) is 0 Å². The van der Waals surface area contributed by atoms with Gasteiger partial charge in [0.15, 0.2) is 0 Å². The number of benzene rings is 2. The molecule has 1 N–H and O–H groups in total. The average molecular weight is 549 g/mol. The molecule has 38 heavy (non-hydrogen) atoms. The predicted octanol–water partition coefficient (Wildman–Crippen LogP) is 3.69. The minimum atomic E-state index is -3.90. The van der Waals surface area contributed by atoms with Gasteiger partial charge in [0.1, 0.15) is 0 Å². The number of fused-ring (bicyclic) bond motifs is 1. The van der Waals surface area contributed by atoms with Crippen LogP contribution in [0.3, 0.4) is 0 Å². The fraction of sp³-hybridized carbons (Fsp3) is 0.185. The van der Waals surface area contributed by atoms with E-state index in [0.717, 1.165) is 22.2 Å². The number of carbonyl (C=O) groups is 3. The Bertz CT molecular complexity index is 1560. The van der Waals surface area contributed by atoms with Crippen LogP contribution < -0.4 is 9.62 Å². The zero-order valence-electron chi connectivity index (χ0n) is 20.4. The standard InChI is InChI=1S/C27H24N4O5S2/c1-18-14-20-7-2-3-10-23(20)31(18)38(35,36)22-9-4-8-21(16-22)25(32)29-12-13-30-26(33)24(37-27(30)34)15-19-6-5-11-28-17-19/h2-11,15-18H,12-14H2,1H3,(H,29,32). The van der Waals surface area contributed by atoms with E-state index in [0.29, 0.717) is 17.7 Å². The Morgan fingerprint density at radius 1 is 1.13 bits per heavy atom. The molecule has 0 spiro atoms. The number of carbonyl (C=O) groups excluding carboxylic acids is 3. The number of amides is 3. The summed E-state index contributed by atoms with van der Waals surface area (Å²) in [5.74, 6) is -0.944. The van der Waals surface area contributed by atoms with Gasteiger partial charge in [0.25, 0.3) is 27.1 Å². The lowest BCUT2D eigenvalue weighted by atomic mass is 10.1. The number of hydrogen-bond acceptors (Lipinski definition) is 7. The number of imide groups is 1. The van der Waals surface area contributed by atoms with Gasteiger partial charge in [0, 0.05) is 37.1 Å². The Labute approximate surface area is 224 Å². The van der Waals surface area contributed by atoms with Crippen molar-refractivity contribution in [2.24, 2.45) is 0 Å². The minimum absolute atomic E-state index is 0.0130. The predicted molar refractivity (Wildman–Crippen MR) is 145 cm³/mol. The summed E-state index contributed by atoms with van der Waals surface area (Å²) >= 11 is 0.831. The fourth-order valence-electron chi connectivity index (χ4n) is 4.50. The Morgan fingerprint density at radius 3 is 2.74 bits per heavy atom. The topological polar surface area (TPSA) is 117 Å². The zero-order chi connectivity index (χ0) is 26.9. The molecule has 3 amide bonds. The number of pyridine rings is 1. The minimum Gasteiger partial charge on any atom is -0.350 e. The summed E-state index contributed by atoms with van der Waals surface area (Å²) in [6, 6.07) is 16.5. The lowest BCUT2D eigenvalue weighted by molar-refractivity contribution is -0.122. The van der Waals surface area contributed by atoms with Crippen LogP contribution in [0.4, 0.5) is 10.5 Å². The molecule has 0 bridgehead atoms. The molecule has 1 atom stereocenters. The molecule has 1 saturated heterocycles. The molecule has 2 aliphatic heterocycles. The summed E-state index contributed by atoms with van der Waals surface area (Å²) in [4.78, 5) is 43.2. The molecule has 2 aliphatic rings. The van der Waals surface area contributed by atoms with Crippen LogP contribution in [0.2, 0.25) is 0 Å². The molecule has 11 heteroatoms. The van der Waals surface area contributed by atoms with Gasteiger partial charge in [-0.25, -0.2) is 8.42 Å². The van der Waals surface area contributed by atoms with E-state index in [1.165, 1.54) is 28.6 Å². The Balaban J connectivity index is 1.25. The molecule has 194 valence electrons. The summed E-state index contributed by atoms with van der Waals surface area (Å²) < 4.78 is 28.4. The van der Waals surface area contributed by atoms with Crippen molar-refractivity contribution in [3.8, 4) is 0 Å². The van der Waals surface area contributed by atoms with Crippen molar-refractivity contribution < 1.29 is 22.8 Å². The smallest absolute Gasteiger partial charge is 0.293 e. The third kappa shape index (κ3) is 4.94. The van der Waals surface area contributed by atoms with Crippen molar-refractivity contribution in [2.45, 2.75) is 24.3 Å². The second-order valence-electron chi connectivity index (χ2n) is 8.89. The summed E-state index contributed by atoms with van der Waals surface area (Å²) in [5.41, 5.74) is 2.47. The molecule has 9 nitrogen and oxygen atoms in total. The number of nitrogens with zero attached hydrogens (tertiary/aromatic N) is 3. The third-order valence-electron chi connectivity index (χ3n) is 6.27. The van der Waals surface area contributed by atoms with Gasteiger partial charge in [0.05, 0.1) is 15.5 Å². The molecule has 1 unspecified atom stereocenters. The van der Waals surface area contributed by atoms with Crippen LogP contribution in [0.1, 0.15) is 28.4 Å². The van der Waals surface area contributed by atoms with Crippen LogP contribution in [0.25, 0.3) is 6.08 Å². The highest BCUT2D eigenvalue weighted by atomic mass is 32.2. The van der Waals surface area contributed by atoms with Crippen LogP contribution >= 0.6 is 11.8 Å². The fourth-order valence-corrected chi connectivity index (χ4v) is 7.11. The van der Waals surface area contributed by atoms with Gasteiger partial charge < -0.3 is 5.32 Å². The molecular formula is C27H24N4O5S2. The van der Waals surface area contributed by atoms with Gasteiger partial charge in [-0.2, -0.15) is 0 Å². The number of aromatic nitrogens is 1. The Hall–Kier alpha value is -3.96. The summed E-state index contributed by atoms with van der Waals surface area (Å²) in [6.45, 7) is 1.86. The second kappa shape index (κ2) is 10.4. The molecule has 2 aromatic carbocycles. The first-order chi connectivity index (χ1) is 18.3. The van der Waals surface area contributed by atoms with Crippen molar-refractivity contribution in [3.05, 3.63) is 94.7 Å². The van der Waals surface area contributed by atoms with Gasteiger partial charge in [-0.3, -0.25) is 28.6 Å². The number of nitrogens with one attached hydrogen (secondary N) is 1. The zero-order valence-corrected chi connectivity index (χ0v) is 22.0. The maximum atomic E-state index is 13.5. The Morgan fingerprint density at radius 2 is 1.95 bits per heavy atom. The van der Waals surface area contributed by atoms with Crippen LogP contribution in [-0.4, -0.2) is 54.5 Å². The van der Waals surface area contributed by atoms with E-state index >= 15 is 0 Å². The lowest BCUT2D eigenvalue weighted by Gasteiger charge is -2.24. The van der Waals surface area contributed by atoms with Crippen LogP contribution in [0.5, 0.6) is 0 Å². The molecule has 1 fully saturated rings. The third-order valence-corrected chi connectivity index (χ3v) is 9.11. The van der Waals surface area contributed by atoms with Crippen molar-refractivity contribution in [2.75, 3.05) is 17.4 Å². The van der Waals surface area contributed by atoms with Gasteiger partial charge >= 0.3 is 0 Å². The average Bonchev–Trinajstić information content (AvgIpc) is 3.39. The quantitative estimate of drug-likeness (QED) is 0.448. The number of anilines is 1. The molecule has 0 radical (unpaired) electrons. The first-order valence-corrected chi connectivity index (χ1v) is 14.2. The van der Waals surface area contributed by atoms with E-state index < -0.39 is 27.1 Å². The number of para-hydroxylation sites is 1. The van der Waals surface area contributed by atoms with Crippen LogP contribution in [-0.2, 0) is 21.2 Å². The highest BCUT2D eigenvalue weighted by Gasteiger charge is 2.36. The van der Waals surface area contributed by atoms with Gasteiger partial charge in [-0.05, 0) is 72.6 Å². The van der Waals surface area contributed by atoms with Crippen molar-refractivity contribution in [1.29, 1.82) is 0 Å². The highest BCUT2D eigenvalue weighted by Crippen LogP contribution is 2.36. The highest BCUT2D eigenvalue weighted by molar-refractivity contribution is 8.18. The van der Waals surface area contributed by atoms with E-state index in [4.69, 9.17) is 0 Å². The lowest BCUT2D eigenvalue weighted by Crippen LogP contribution is -2.37. The van der Waals surface area contributed by atoms with E-state index in [2.05, 4.69) is 10.3 Å². The number of sulfonamides is 1. The first-order valence-electron chi connectivity index (χ1n) is 11.9. The van der Waals surface area contributed by atoms with Crippen LogP contribution in [0.15, 0.2) is 82.9 Å². The SMILES string of the molecule is CC1Cc2ccccc2N1S(=O)(=O)c1cccc(C(=O)NCCN2C(=O)SC(=Cc3cccnc3)C2=O)c1. The van der Waals surface area contributed by atoms with Crippen LogP contribution in [0, 0.1) is 0 Å². The second-order valence-corrected chi connectivity index (χ2v) is 11.7. The number of rotatable bonds is 7. The van der Waals surface area contributed by atoms with Gasteiger partial charge in [0.2, 0.25) is 0 Å².